The van der Waals surface area contributed by atoms with Crippen molar-refractivity contribution in [1.29, 1.82) is 5.26 Å². The number of amides is 1. The van der Waals surface area contributed by atoms with Crippen LogP contribution in [0.25, 0.3) is 11.0 Å². The molecule has 1 aliphatic heterocycles. The molecule has 1 amide bonds. The average molecular weight is 368 g/mol. The summed E-state index contributed by atoms with van der Waals surface area (Å²) in [4.78, 5) is 22.6. The summed E-state index contributed by atoms with van der Waals surface area (Å²) in [6.45, 7) is 7.27. The molecule has 1 N–H and O–H groups in total. The Balaban J connectivity index is 1.53. The molecular formula is C23H20N4O. The van der Waals surface area contributed by atoms with Crippen molar-refractivity contribution in [2.75, 3.05) is 6.54 Å². The minimum absolute atomic E-state index is 0.0239. The monoisotopic (exact) mass is 368 g/mol. The van der Waals surface area contributed by atoms with Gasteiger partial charge in [-0.25, -0.2) is 4.98 Å². The number of fused-ring (bicyclic) bond motifs is 5. The number of hydrogen-bond donors (Lipinski definition) is 1. The van der Waals surface area contributed by atoms with Crippen molar-refractivity contribution in [3.8, 4) is 6.07 Å². The highest BCUT2D eigenvalue weighted by molar-refractivity contribution is 5.98. The van der Waals surface area contributed by atoms with Crippen LogP contribution in [-0.2, 0) is 11.8 Å². The van der Waals surface area contributed by atoms with Gasteiger partial charge >= 0.3 is 0 Å². The van der Waals surface area contributed by atoms with E-state index >= 15 is 0 Å². The second-order valence-corrected chi connectivity index (χ2v) is 7.94. The fourth-order valence-electron chi connectivity index (χ4n) is 4.78. The molecule has 1 aromatic heterocycles. The van der Waals surface area contributed by atoms with Crippen molar-refractivity contribution in [2.24, 2.45) is 0 Å². The van der Waals surface area contributed by atoms with Crippen LogP contribution in [0.1, 0.15) is 40.4 Å². The third kappa shape index (κ3) is 2.24. The summed E-state index contributed by atoms with van der Waals surface area (Å²) in [6, 6.07) is 13.7. The van der Waals surface area contributed by atoms with Gasteiger partial charge in [0.1, 0.15) is 0 Å². The van der Waals surface area contributed by atoms with Gasteiger partial charge in [0.05, 0.1) is 35.0 Å². The Morgan fingerprint density at radius 1 is 1.36 bits per heavy atom. The molecule has 138 valence electrons. The Morgan fingerprint density at radius 2 is 2.21 bits per heavy atom. The predicted octanol–water partition coefficient (Wildman–Crippen LogP) is 3.72. The maximum absolute atomic E-state index is 13.3. The number of aromatic nitrogens is 2. The molecule has 0 saturated carbocycles. The van der Waals surface area contributed by atoms with Crippen molar-refractivity contribution < 1.29 is 4.79 Å². The Bertz CT molecular complexity index is 1180. The van der Waals surface area contributed by atoms with E-state index in [4.69, 9.17) is 0 Å². The van der Waals surface area contributed by atoms with Gasteiger partial charge in [-0.2, -0.15) is 5.26 Å². The highest BCUT2D eigenvalue weighted by atomic mass is 16.2. The maximum Gasteiger partial charge on any atom is 0.254 e. The van der Waals surface area contributed by atoms with E-state index in [2.05, 4.69) is 29.5 Å². The molecule has 5 heteroatoms. The third-order valence-electron chi connectivity index (χ3n) is 6.51. The largest absolute Gasteiger partial charge is 0.345 e. The van der Waals surface area contributed by atoms with Crippen molar-refractivity contribution >= 4 is 16.9 Å². The summed E-state index contributed by atoms with van der Waals surface area (Å²) in [7, 11) is 0. The van der Waals surface area contributed by atoms with E-state index in [1.807, 2.05) is 41.3 Å². The number of likely N-dealkylation sites (tertiary alicyclic amines) is 1. The summed E-state index contributed by atoms with van der Waals surface area (Å²) in [5, 5.41) is 9.28. The smallest absolute Gasteiger partial charge is 0.254 e. The van der Waals surface area contributed by atoms with Crippen molar-refractivity contribution in [1.82, 2.24) is 14.9 Å². The minimum Gasteiger partial charge on any atom is -0.345 e. The Labute approximate surface area is 163 Å². The van der Waals surface area contributed by atoms with E-state index in [0.717, 1.165) is 29.4 Å². The molecule has 1 aliphatic carbocycles. The Morgan fingerprint density at radius 3 is 3.04 bits per heavy atom. The lowest BCUT2D eigenvalue weighted by molar-refractivity contribution is 0.0619. The average Bonchev–Trinajstić information content (AvgIpc) is 3.18. The first-order valence-corrected chi connectivity index (χ1v) is 9.48. The summed E-state index contributed by atoms with van der Waals surface area (Å²) in [5.74, 6) is 0.0294. The first kappa shape index (κ1) is 16.8. The van der Waals surface area contributed by atoms with Crippen molar-refractivity contribution in [3.05, 3.63) is 77.1 Å². The number of nitriles is 1. The number of rotatable bonds is 1. The summed E-state index contributed by atoms with van der Waals surface area (Å²) < 4.78 is 0. The van der Waals surface area contributed by atoms with Crippen LogP contribution >= 0.6 is 0 Å². The molecule has 2 atom stereocenters. The van der Waals surface area contributed by atoms with Crippen LogP contribution in [-0.4, -0.2) is 33.4 Å². The van der Waals surface area contributed by atoms with Crippen molar-refractivity contribution in [3.63, 3.8) is 0 Å². The van der Waals surface area contributed by atoms with Crippen LogP contribution in [0.2, 0.25) is 0 Å². The zero-order valence-electron chi connectivity index (χ0n) is 15.7. The van der Waals surface area contributed by atoms with Crippen LogP contribution in [0.15, 0.2) is 54.9 Å². The molecule has 2 aliphatic rings. The lowest BCUT2D eigenvalue weighted by atomic mass is 9.62. The molecule has 5 nitrogen and oxygen atoms in total. The number of H-pyrrole nitrogens is 1. The maximum atomic E-state index is 13.3. The molecule has 2 aromatic carbocycles. The van der Waals surface area contributed by atoms with Crippen LogP contribution in [0.4, 0.5) is 0 Å². The Kier molecular flexibility index (Phi) is 3.47. The molecule has 0 spiro atoms. The van der Waals surface area contributed by atoms with Gasteiger partial charge < -0.3 is 9.88 Å². The molecule has 5 rings (SSSR count). The minimum atomic E-state index is -0.199. The molecule has 0 radical (unpaired) electrons. The normalized spacial score (nSPS) is 23.4. The second kappa shape index (κ2) is 5.80. The molecule has 2 heterocycles. The van der Waals surface area contributed by atoms with Crippen LogP contribution in [0, 0.1) is 11.3 Å². The SMILES string of the molecule is C=C1C2Cc3ccc(C#N)cc3[C@]1(C)CCN2C(=O)c1ccc2nc[nH]c2c1. The number of carbonyl (C=O) groups is 1. The number of hydrogen-bond acceptors (Lipinski definition) is 3. The van der Waals surface area contributed by atoms with E-state index in [0.29, 0.717) is 17.7 Å². The van der Waals surface area contributed by atoms with E-state index in [1.165, 1.54) is 11.1 Å². The van der Waals surface area contributed by atoms with Gasteiger partial charge in [0.2, 0.25) is 0 Å². The van der Waals surface area contributed by atoms with E-state index in [-0.39, 0.29) is 17.4 Å². The van der Waals surface area contributed by atoms with E-state index < -0.39 is 0 Å². The van der Waals surface area contributed by atoms with Crippen LogP contribution in [0.3, 0.4) is 0 Å². The lowest BCUT2D eigenvalue weighted by Crippen LogP contribution is -2.55. The van der Waals surface area contributed by atoms with Crippen molar-refractivity contribution in [2.45, 2.75) is 31.2 Å². The lowest BCUT2D eigenvalue weighted by Gasteiger charge is -2.51. The van der Waals surface area contributed by atoms with Gasteiger partial charge in [-0.1, -0.05) is 19.6 Å². The molecule has 2 bridgehead atoms. The van der Waals surface area contributed by atoms with Gasteiger partial charge in [-0.05, 0) is 59.9 Å². The zero-order chi connectivity index (χ0) is 19.5. The highest BCUT2D eigenvalue weighted by Gasteiger charge is 2.47. The fourth-order valence-corrected chi connectivity index (χ4v) is 4.78. The fraction of sp³-hybridized carbons (Fsp3) is 0.261. The number of imidazole rings is 1. The van der Waals surface area contributed by atoms with Crippen LogP contribution in [0.5, 0.6) is 0 Å². The number of nitrogens with zero attached hydrogens (tertiary/aromatic N) is 3. The number of aromatic amines is 1. The van der Waals surface area contributed by atoms with Gasteiger partial charge in [0, 0.05) is 17.5 Å². The molecule has 3 aromatic rings. The summed E-state index contributed by atoms with van der Waals surface area (Å²) in [6.07, 6.45) is 3.19. The topological polar surface area (TPSA) is 72.8 Å². The molecule has 28 heavy (non-hydrogen) atoms. The first-order valence-electron chi connectivity index (χ1n) is 9.48. The number of nitrogens with one attached hydrogen (secondary N) is 1. The third-order valence-corrected chi connectivity index (χ3v) is 6.51. The van der Waals surface area contributed by atoms with Gasteiger partial charge in [0.15, 0.2) is 0 Å². The zero-order valence-corrected chi connectivity index (χ0v) is 15.7. The predicted molar refractivity (Wildman–Crippen MR) is 107 cm³/mol. The van der Waals surface area contributed by atoms with E-state index in [9.17, 15) is 10.1 Å². The van der Waals surface area contributed by atoms with Gasteiger partial charge in [0.25, 0.3) is 5.91 Å². The number of carbonyl (C=O) groups excluding carboxylic acids is 1. The molecular weight excluding hydrogens is 348 g/mol. The molecule has 1 saturated heterocycles. The summed E-state index contributed by atoms with van der Waals surface area (Å²) in [5.41, 5.74) is 6.33. The quantitative estimate of drug-likeness (QED) is 0.665. The standard InChI is InChI=1S/C23H20N4O/c1-14-21-11-16-4-3-15(12-24)9-18(16)23(14,2)7-8-27(21)22(28)17-5-6-19-20(10-17)26-13-25-19/h3-6,9-10,13,21H,1,7-8,11H2,2H3,(H,25,26)/t21?,23-/m1/s1. The number of piperidine rings is 1. The van der Waals surface area contributed by atoms with Crippen LogP contribution < -0.4 is 0 Å². The summed E-state index contributed by atoms with van der Waals surface area (Å²) >= 11 is 0. The Hall–Kier alpha value is -3.39. The first-order chi connectivity index (χ1) is 13.5. The number of benzene rings is 2. The molecule has 1 fully saturated rings. The second-order valence-electron chi connectivity index (χ2n) is 7.94. The van der Waals surface area contributed by atoms with Gasteiger partial charge in [-0.15, -0.1) is 0 Å². The highest BCUT2D eigenvalue weighted by Crippen LogP contribution is 2.48. The van der Waals surface area contributed by atoms with Gasteiger partial charge in [-0.3, -0.25) is 4.79 Å². The van der Waals surface area contributed by atoms with E-state index in [1.54, 1.807) is 6.33 Å². The molecule has 1 unspecified atom stereocenters.